The number of amides is 1. The zero-order valence-corrected chi connectivity index (χ0v) is 12.2. The molecule has 1 fully saturated rings. The van der Waals surface area contributed by atoms with Crippen LogP contribution in [-0.2, 0) is 4.79 Å². The highest BCUT2D eigenvalue weighted by Gasteiger charge is 2.43. The van der Waals surface area contributed by atoms with Crippen molar-refractivity contribution in [3.8, 4) is 0 Å². The van der Waals surface area contributed by atoms with Gasteiger partial charge in [0.1, 0.15) is 11.4 Å². The van der Waals surface area contributed by atoms with Crippen LogP contribution in [0.15, 0.2) is 22.7 Å². The van der Waals surface area contributed by atoms with Crippen LogP contribution in [0.25, 0.3) is 0 Å². The summed E-state index contributed by atoms with van der Waals surface area (Å²) < 4.78 is 13.6. The molecule has 1 saturated heterocycles. The van der Waals surface area contributed by atoms with E-state index in [4.69, 9.17) is 0 Å². The van der Waals surface area contributed by atoms with Crippen molar-refractivity contribution < 1.29 is 19.1 Å². The van der Waals surface area contributed by atoms with Crippen LogP contribution in [0.2, 0.25) is 0 Å². The van der Waals surface area contributed by atoms with Gasteiger partial charge in [-0.15, -0.1) is 0 Å². The van der Waals surface area contributed by atoms with Crippen LogP contribution in [0.1, 0.15) is 16.8 Å². The summed E-state index contributed by atoms with van der Waals surface area (Å²) in [6.07, 6.45) is 0.373. The molecule has 7 heteroatoms. The van der Waals surface area contributed by atoms with Gasteiger partial charge < -0.3 is 10.4 Å². The zero-order chi connectivity index (χ0) is 14.0. The second-order valence-electron chi connectivity index (χ2n) is 4.27. The number of carbonyl (C=O) groups excluding carboxylic acids is 1. The third-order valence-corrected chi connectivity index (χ3v) is 4.80. The standard InChI is InChI=1S/C12H11BrFNO3S/c13-8-2-1-7(5-9(8)14)10(16)15-12(11(17)18)3-4-19-6-12/h1-2,5H,3-4,6H2,(H,15,16)(H,17,18). The van der Waals surface area contributed by atoms with Crippen LogP contribution < -0.4 is 5.32 Å². The van der Waals surface area contributed by atoms with E-state index >= 15 is 0 Å². The monoisotopic (exact) mass is 347 g/mol. The molecule has 19 heavy (non-hydrogen) atoms. The Morgan fingerprint density at radius 2 is 2.21 bits per heavy atom. The number of carbonyl (C=O) groups is 2. The highest BCUT2D eigenvalue weighted by Crippen LogP contribution is 2.28. The van der Waals surface area contributed by atoms with E-state index in [2.05, 4.69) is 21.2 Å². The summed E-state index contributed by atoms with van der Waals surface area (Å²) in [6, 6.07) is 3.94. The lowest BCUT2D eigenvalue weighted by Gasteiger charge is -2.24. The van der Waals surface area contributed by atoms with E-state index in [0.717, 1.165) is 6.07 Å². The lowest BCUT2D eigenvalue weighted by atomic mass is 9.98. The Labute approximate surface area is 121 Å². The molecule has 1 amide bonds. The molecule has 4 nitrogen and oxygen atoms in total. The van der Waals surface area contributed by atoms with Crippen molar-refractivity contribution in [2.24, 2.45) is 0 Å². The fourth-order valence-corrected chi connectivity index (χ4v) is 3.38. The number of hydrogen-bond acceptors (Lipinski definition) is 3. The fraction of sp³-hybridized carbons (Fsp3) is 0.333. The normalized spacial score (nSPS) is 22.2. The maximum absolute atomic E-state index is 13.4. The van der Waals surface area contributed by atoms with Crippen LogP contribution >= 0.6 is 27.7 Å². The van der Waals surface area contributed by atoms with Crippen LogP contribution in [0, 0.1) is 5.82 Å². The molecule has 1 heterocycles. The Morgan fingerprint density at radius 1 is 1.47 bits per heavy atom. The van der Waals surface area contributed by atoms with E-state index in [0.29, 0.717) is 17.9 Å². The quantitative estimate of drug-likeness (QED) is 0.880. The first-order chi connectivity index (χ1) is 8.94. The SMILES string of the molecule is O=C(NC1(C(=O)O)CCSC1)c1ccc(Br)c(F)c1. The molecule has 0 radical (unpaired) electrons. The maximum atomic E-state index is 13.4. The predicted molar refractivity (Wildman–Crippen MR) is 73.9 cm³/mol. The summed E-state index contributed by atoms with van der Waals surface area (Å²) in [7, 11) is 0. The van der Waals surface area contributed by atoms with Crippen molar-refractivity contribution in [2.45, 2.75) is 12.0 Å². The van der Waals surface area contributed by atoms with Gasteiger partial charge in [-0.2, -0.15) is 11.8 Å². The summed E-state index contributed by atoms with van der Waals surface area (Å²) in [4.78, 5) is 23.3. The summed E-state index contributed by atoms with van der Waals surface area (Å²) in [5, 5.41) is 11.8. The molecule has 102 valence electrons. The van der Waals surface area contributed by atoms with Crippen molar-refractivity contribution in [3.63, 3.8) is 0 Å². The van der Waals surface area contributed by atoms with Crippen LogP contribution in [-0.4, -0.2) is 34.0 Å². The van der Waals surface area contributed by atoms with E-state index < -0.39 is 23.2 Å². The second-order valence-corrected chi connectivity index (χ2v) is 6.23. The van der Waals surface area contributed by atoms with Crippen LogP contribution in [0.3, 0.4) is 0 Å². The molecule has 0 bridgehead atoms. The molecule has 1 aromatic carbocycles. The number of nitrogens with one attached hydrogen (secondary N) is 1. The molecule has 0 spiro atoms. The number of benzene rings is 1. The third-order valence-electron chi connectivity index (χ3n) is 2.97. The Kier molecular flexibility index (Phi) is 4.15. The van der Waals surface area contributed by atoms with Gasteiger partial charge in [0.25, 0.3) is 5.91 Å². The van der Waals surface area contributed by atoms with Crippen molar-refractivity contribution >= 4 is 39.6 Å². The number of rotatable bonds is 3. The van der Waals surface area contributed by atoms with Gasteiger partial charge in [0, 0.05) is 11.3 Å². The molecular weight excluding hydrogens is 337 g/mol. The Balaban J connectivity index is 2.20. The molecule has 1 aliphatic heterocycles. The molecule has 2 rings (SSSR count). The van der Waals surface area contributed by atoms with Gasteiger partial charge in [-0.1, -0.05) is 0 Å². The second kappa shape index (κ2) is 5.50. The fourth-order valence-electron chi connectivity index (χ4n) is 1.81. The summed E-state index contributed by atoms with van der Waals surface area (Å²) in [6.45, 7) is 0. The predicted octanol–water partition coefficient (Wildman–Crippen LogP) is 2.28. The first-order valence-corrected chi connectivity index (χ1v) is 7.48. The van der Waals surface area contributed by atoms with Crippen molar-refractivity contribution in [1.29, 1.82) is 0 Å². The van der Waals surface area contributed by atoms with E-state index in [1.54, 1.807) is 0 Å². The van der Waals surface area contributed by atoms with E-state index in [9.17, 15) is 19.1 Å². The van der Waals surface area contributed by atoms with Crippen LogP contribution in [0.5, 0.6) is 0 Å². The van der Waals surface area contributed by atoms with Crippen molar-refractivity contribution in [3.05, 3.63) is 34.1 Å². The first-order valence-electron chi connectivity index (χ1n) is 5.53. The van der Waals surface area contributed by atoms with Crippen LogP contribution in [0.4, 0.5) is 4.39 Å². The van der Waals surface area contributed by atoms with E-state index in [1.807, 2.05) is 0 Å². The first kappa shape index (κ1) is 14.3. The minimum absolute atomic E-state index is 0.109. The maximum Gasteiger partial charge on any atom is 0.330 e. The summed E-state index contributed by atoms with van der Waals surface area (Å²) in [5.41, 5.74) is -1.14. The third kappa shape index (κ3) is 2.92. The van der Waals surface area contributed by atoms with Gasteiger partial charge in [0.15, 0.2) is 0 Å². The highest BCUT2D eigenvalue weighted by molar-refractivity contribution is 9.10. The van der Waals surface area contributed by atoms with E-state index in [-0.39, 0.29) is 10.0 Å². The van der Waals surface area contributed by atoms with Gasteiger partial charge >= 0.3 is 5.97 Å². The molecule has 0 saturated carbocycles. The Bertz CT molecular complexity index is 532. The average Bonchev–Trinajstić information content (AvgIpc) is 2.82. The summed E-state index contributed by atoms with van der Waals surface area (Å²) in [5.74, 6) is -1.17. The number of halogens is 2. The molecule has 1 unspecified atom stereocenters. The topological polar surface area (TPSA) is 66.4 Å². The van der Waals surface area contributed by atoms with Gasteiger partial charge in [-0.3, -0.25) is 4.79 Å². The zero-order valence-electron chi connectivity index (χ0n) is 9.78. The lowest BCUT2D eigenvalue weighted by Crippen LogP contribution is -2.54. The van der Waals surface area contributed by atoms with Gasteiger partial charge in [-0.25, -0.2) is 9.18 Å². The number of aliphatic carboxylic acids is 1. The number of thioether (sulfide) groups is 1. The van der Waals surface area contributed by atoms with Gasteiger partial charge in [-0.05, 0) is 46.3 Å². The Hall–Kier alpha value is -1.08. The molecule has 1 aromatic rings. The number of carboxylic acid groups (broad SMARTS) is 1. The van der Waals surface area contributed by atoms with Crippen molar-refractivity contribution in [1.82, 2.24) is 5.32 Å². The lowest BCUT2D eigenvalue weighted by molar-refractivity contribution is -0.143. The van der Waals surface area contributed by atoms with Crippen molar-refractivity contribution in [2.75, 3.05) is 11.5 Å². The van der Waals surface area contributed by atoms with Gasteiger partial charge in [0.2, 0.25) is 0 Å². The number of hydrogen-bond donors (Lipinski definition) is 2. The minimum atomic E-state index is -1.24. The molecule has 2 N–H and O–H groups in total. The highest BCUT2D eigenvalue weighted by atomic mass is 79.9. The Morgan fingerprint density at radius 3 is 2.74 bits per heavy atom. The smallest absolute Gasteiger partial charge is 0.330 e. The number of carboxylic acids is 1. The molecular formula is C12H11BrFNO3S. The molecule has 1 aliphatic rings. The average molecular weight is 348 g/mol. The largest absolute Gasteiger partial charge is 0.479 e. The minimum Gasteiger partial charge on any atom is -0.479 e. The summed E-state index contributed by atoms with van der Waals surface area (Å²) >= 11 is 4.47. The molecule has 1 atom stereocenters. The van der Waals surface area contributed by atoms with E-state index in [1.165, 1.54) is 23.9 Å². The van der Waals surface area contributed by atoms with Gasteiger partial charge in [0.05, 0.1) is 4.47 Å². The molecule has 0 aliphatic carbocycles. The molecule has 0 aromatic heterocycles.